The van der Waals surface area contributed by atoms with E-state index in [0.717, 1.165) is 61.0 Å². The van der Waals surface area contributed by atoms with E-state index in [1.165, 1.54) is 30.7 Å². The minimum absolute atomic E-state index is 0.0578. The summed E-state index contributed by atoms with van der Waals surface area (Å²) in [5.74, 6) is 0.462. The monoisotopic (exact) mass is 816 g/mol. The minimum atomic E-state index is -0.774. The molecule has 4 heterocycles. The smallest absolute Gasteiger partial charge is 0.416 e. The van der Waals surface area contributed by atoms with Gasteiger partial charge in [-0.15, -0.1) is 12.8 Å². The van der Waals surface area contributed by atoms with Crippen molar-refractivity contribution in [1.82, 2.24) is 9.97 Å². The van der Waals surface area contributed by atoms with Crippen LogP contribution in [0.1, 0.15) is 117 Å². The fourth-order valence-electron chi connectivity index (χ4n) is 6.20. The number of nitro benzene ring substituents is 1. The van der Waals surface area contributed by atoms with E-state index in [1.54, 1.807) is 9.80 Å². The molecule has 0 saturated heterocycles. The summed E-state index contributed by atoms with van der Waals surface area (Å²) in [6.45, 7) is 12.3. The lowest BCUT2D eigenvalue weighted by atomic mass is 10.0. The molecule has 1 N–H and O–H groups in total. The van der Waals surface area contributed by atoms with Crippen molar-refractivity contribution < 1.29 is 44.8 Å². The number of amides is 2. The van der Waals surface area contributed by atoms with Crippen LogP contribution in [-0.4, -0.2) is 68.4 Å². The van der Waals surface area contributed by atoms with E-state index in [9.17, 15) is 29.3 Å². The third-order valence-electron chi connectivity index (χ3n) is 8.84. The second kappa shape index (κ2) is 22.2. The first-order chi connectivity index (χ1) is 28.3. The van der Waals surface area contributed by atoms with Gasteiger partial charge in [-0.3, -0.25) is 29.5 Å². The zero-order chi connectivity index (χ0) is 44.5. The van der Waals surface area contributed by atoms with E-state index >= 15 is 0 Å². The average Bonchev–Trinajstić information content (AvgIpc) is 3.17. The highest BCUT2D eigenvalue weighted by molar-refractivity contribution is 5.89. The summed E-state index contributed by atoms with van der Waals surface area (Å²) in [4.78, 5) is 70.4. The van der Waals surface area contributed by atoms with Gasteiger partial charge in [-0.05, 0) is 141 Å². The number of rotatable bonds is 12. The van der Waals surface area contributed by atoms with Gasteiger partial charge in [-0.1, -0.05) is 12.1 Å². The zero-order valence-electron chi connectivity index (χ0n) is 36.0. The van der Waals surface area contributed by atoms with E-state index in [1.807, 2.05) is 65.8 Å². The molecule has 0 unspecified atom stereocenters. The fourth-order valence-corrected chi connectivity index (χ4v) is 6.20. The molecule has 59 heavy (non-hydrogen) atoms. The maximum atomic E-state index is 12.6. The van der Waals surface area contributed by atoms with Gasteiger partial charge in [0.1, 0.15) is 30.0 Å². The molecule has 1 aromatic carbocycles. The van der Waals surface area contributed by atoms with Gasteiger partial charge < -0.3 is 19.3 Å². The van der Waals surface area contributed by atoms with Crippen LogP contribution >= 0.6 is 0 Å². The highest BCUT2D eigenvalue weighted by atomic mass is 16.6. The molecule has 0 fully saturated rings. The van der Waals surface area contributed by atoms with Gasteiger partial charge in [-0.2, -0.15) is 0 Å². The number of fused-ring (bicyclic) bond motifs is 2. The first kappa shape index (κ1) is 45.7. The number of anilines is 2. The topological polar surface area (TPSA) is 192 Å². The number of aliphatic carboxylic acids is 1. The number of nitrogens with zero attached hydrogens (tertiary/aromatic N) is 5. The van der Waals surface area contributed by atoms with Crippen molar-refractivity contribution in [3.8, 4) is 18.6 Å². The molecule has 15 heteroatoms. The van der Waals surface area contributed by atoms with Crippen molar-refractivity contribution in [2.45, 2.75) is 130 Å². The molecule has 3 aromatic rings. The van der Waals surface area contributed by atoms with Crippen LogP contribution in [0, 0.1) is 22.9 Å². The quantitative estimate of drug-likeness (QED) is 0.0457. The van der Waals surface area contributed by atoms with Gasteiger partial charge in [0, 0.05) is 49.5 Å². The number of nitro groups is 1. The number of aromatic nitrogens is 2. The maximum absolute atomic E-state index is 12.6. The number of pyridine rings is 2. The molecule has 0 atom stereocenters. The van der Waals surface area contributed by atoms with E-state index in [-0.39, 0.29) is 36.5 Å². The van der Waals surface area contributed by atoms with E-state index in [2.05, 4.69) is 11.4 Å². The fraction of sp³-hybridized carbons (Fsp3) is 0.500. The number of unbranched alkanes of at least 4 members (excludes halogenated alkanes) is 2. The average molecular weight is 817 g/mol. The van der Waals surface area contributed by atoms with Crippen LogP contribution in [0.3, 0.4) is 0 Å². The molecule has 2 aliphatic rings. The third-order valence-corrected chi connectivity index (χ3v) is 8.84. The highest BCUT2D eigenvalue weighted by Gasteiger charge is 2.30. The summed E-state index contributed by atoms with van der Waals surface area (Å²) < 4.78 is 22.0. The highest BCUT2D eigenvalue weighted by Crippen LogP contribution is 2.29. The van der Waals surface area contributed by atoms with Crippen LogP contribution in [0.15, 0.2) is 48.5 Å². The number of non-ortho nitro benzene ring substituents is 1. The largest absolute Gasteiger partial charge is 0.481 e. The van der Waals surface area contributed by atoms with E-state index < -0.39 is 28.1 Å². The second-order valence-electron chi connectivity index (χ2n) is 16.1. The second-order valence-corrected chi connectivity index (χ2v) is 16.1. The number of carboxylic acid groups (broad SMARTS) is 1. The lowest BCUT2D eigenvalue weighted by molar-refractivity contribution is -0.384. The van der Waals surface area contributed by atoms with Crippen LogP contribution < -0.4 is 14.5 Å². The number of terminal acetylenes is 1. The Hall–Kier alpha value is -6.04. The Balaban J connectivity index is 0.000000314. The van der Waals surface area contributed by atoms with Crippen LogP contribution in [-0.2, 0) is 44.7 Å². The van der Waals surface area contributed by atoms with Crippen molar-refractivity contribution in [2.75, 3.05) is 22.9 Å². The molecule has 0 bridgehead atoms. The van der Waals surface area contributed by atoms with Crippen molar-refractivity contribution >= 4 is 41.4 Å². The molecule has 0 saturated carbocycles. The molecule has 0 aliphatic carbocycles. The number of ether oxygens (including phenoxy) is 3. The Labute approximate surface area is 348 Å². The van der Waals surface area contributed by atoms with E-state index in [4.69, 9.17) is 25.7 Å². The standard InChI is InChI=1S/C24H29N3O6.C18H26N2O4.C2H2/c1-24(2,3)33-23(29)26-16-6-7-17-10-11-18(25-22(17)26)8-4-5-9-21(28)32-20-14-12-19(13-15-20)27(30)31;1-18(2,3)24-17(23)20-12-6-7-13-10-11-14(19-16(13)20)8-4-5-9-15(21)22;1-2/h10-15H,4-9,16H2,1-3H3;10-11H,4-9,12H2,1-3H3,(H,21,22);1-2H/i;;1D. The number of aryl methyl sites for hydroxylation is 4. The van der Waals surface area contributed by atoms with Gasteiger partial charge >= 0.3 is 24.1 Å². The zero-order valence-corrected chi connectivity index (χ0v) is 35.0. The Kier molecular flexibility index (Phi) is 17.2. The Bertz CT molecular complexity index is 1990. The number of hydrogen-bond donors (Lipinski definition) is 1. The summed E-state index contributed by atoms with van der Waals surface area (Å²) in [5, 5.41) is 19.4. The summed E-state index contributed by atoms with van der Waals surface area (Å²) >= 11 is 0. The Morgan fingerprint density at radius 3 is 1.61 bits per heavy atom. The van der Waals surface area contributed by atoms with Crippen molar-refractivity contribution in [3.63, 3.8) is 0 Å². The molecule has 5 rings (SSSR count). The van der Waals surface area contributed by atoms with Gasteiger partial charge in [0.25, 0.3) is 5.69 Å². The summed E-state index contributed by atoms with van der Waals surface area (Å²) in [7, 11) is 0. The predicted molar refractivity (Wildman–Crippen MR) is 224 cm³/mol. The molecule has 2 aliphatic heterocycles. The van der Waals surface area contributed by atoms with Crippen LogP contribution in [0.4, 0.5) is 26.9 Å². The van der Waals surface area contributed by atoms with Gasteiger partial charge in [0.05, 0.1) is 4.92 Å². The molecule has 2 aromatic heterocycles. The first-order valence-corrected chi connectivity index (χ1v) is 19.8. The maximum Gasteiger partial charge on any atom is 0.416 e. The molecule has 318 valence electrons. The summed E-state index contributed by atoms with van der Waals surface area (Å²) in [5.41, 5.74) is 2.66. The first-order valence-electron chi connectivity index (χ1n) is 20.3. The number of carbonyl (C=O) groups is 4. The number of carboxylic acids is 1. The van der Waals surface area contributed by atoms with Crippen molar-refractivity contribution in [3.05, 3.63) is 81.2 Å². The summed E-state index contributed by atoms with van der Waals surface area (Å²) in [6, 6.07) is 13.4. The molecule has 15 nitrogen and oxygen atoms in total. The normalized spacial score (nSPS) is 13.3. The predicted octanol–water partition coefficient (Wildman–Crippen LogP) is 8.81. The number of hydrogen-bond acceptors (Lipinski definition) is 11. The number of benzene rings is 1. The number of carbonyl (C=O) groups excluding carboxylic acids is 3. The van der Waals surface area contributed by atoms with Gasteiger partial charge in [0.2, 0.25) is 0 Å². The Morgan fingerprint density at radius 1 is 0.763 bits per heavy atom. The Morgan fingerprint density at radius 2 is 1.20 bits per heavy atom. The van der Waals surface area contributed by atoms with Crippen LogP contribution in [0.5, 0.6) is 5.75 Å². The van der Waals surface area contributed by atoms with E-state index in [0.29, 0.717) is 50.4 Å². The SMILES string of the molecule is CC(C)(C)OC(=O)N1CCCc2ccc(CCCCC(=O)O)nc21.CC(C)(C)OC(=O)N1CCCc2ccc(CCCCC(=O)Oc3ccc([N+](=O)[O-])cc3)nc21.[2H]C#C. The van der Waals surface area contributed by atoms with Crippen molar-refractivity contribution in [1.29, 1.82) is 0 Å². The lowest BCUT2D eigenvalue weighted by Crippen LogP contribution is -2.40. The third kappa shape index (κ3) is 16.0. The molecule has 2 amide bonds. The van der Waals surface area contributed by atoms with Gasteiger partial charge in [-0.25, -0.2) is 19.6 Å². The van der Waals surface area contributed by atoms with Crippen molar-refractivity contribution in [2.24, 2.45) is 0 Å². The summed E-state index contributed by atoms with van der Waals surface area (Å²) in [6.07, 6.45) is 13.1. The van der Waals surface area contributed by atoms with Gasteiger partial charge in [0.15, 0.2) is 0 Å². The van der Waals surface area contributed by atoms with Crippen LogP contribution in [0.2, 0.25) is 0 Å². The molecule has 0 radical (unpaired) electrons. The lowest BCUT2D eigenvalue weighted by Gasteiger charge is -2.31. The molecular formula is C44H57N5O10. The molecule has 0 spiro atoms. The minimum Gasteiger partial charge on any atom is -0.481 e. The molecular weight excluding hydrogens is 759 g/mol. The van der Waals surface area contributed by atoms with Crippen LogP contribution in [0.25, 0.3) is 0 Å². The number of esters is 1.